The Labute approximate surface area is 189 Å². The minimum absolute atomic E-state index is 0.00980. The van der Waals surface area contributed by atoms with Gasteiger partial charge in [0.25, 0.3) is 0 Å². The summed E-state index contributed by atoms with van der Waals surface area (Å²) in [6.07, 6.45) is 1.61. The van der Waals surface area contributed by atoms with Crippen LogP contribution in [0.1, 0.15) is 58.6 Å². The standard InChI is InChI=1S/C26H29ClN2O2/c1-16(2)13-23(31)29-21-8-6-5-7-19(21)28-20-14-26(3,4)15-22(30)24(20)25(29)17-9-11-18(27)12-10-17/h5-12,16,25,28H,13-15H2,1-4H3. The van der Waals surface area contributed by atoms with Crippen molar-refractivity contribution in [2.45, 2.75) is 53.0 Å². The summed E-state index contributed by atoms with van der Waals surface area (Å²) < 4.78 is 0. The second-order valence-electron chi connectivity index (χ2n) is 9.79. The molecular weight excluding hydrogens is 408 g/mol. The van der Waals surface area contributed by atoms with Crippen LogP contribution in [0, 0.1) is 11.3 Å². The van der Waals surface area contributed by atoms with Crippen LogP contribution in [0.25, 0.3) is 0 Å². The molecule has 0 radical (unpaired) electrons. The molecule has 1 atom stereocenters. The van der Waals surface area contributed by atoms with Crippen LogP contribution in [-0.2, 0) is 9.59 Å². The van der Waals surface area contributed by atoms with Gasteiger partial charge in [0, 0.05) is 29.1 Å². The zero-order chi connectivity index (χ0) is 22.3. The molecule has 4 rings (SSSR count). The molecule has 1 aliphatic carbocycles. The molecule has 4 nitrogen and oxygen atoms in total. The molecule has 2 aromatic carbocycles. The number of Topliss-reactive ketones (excluding diaryl/α,β-unsaturated/α-hetero) is 1. The van der Waals surface area contributed by atoms with Crippen molar-refractivity contribution in [1.82, 2.24) is 0 Å². The number of anilines is 2. The van der Waals surface area contributed by atoms with E-state index in [0.717, 1.165) is 29.1 Å². The largest absolute Gasteiger partial charge is 0.357 e. The highest BCUT2D eigenvalue weighted by Crippen LogP contribution is 2.48. The predicted molar refractivity (Wildman–Crippen MR) is 126 cm³/mol. The molecule has 2 aromatic rings. The molecule has 0 bridgehead atoms. The lowest BCUT2D eigenvalue weighted by Gasteiger charge is -2.37. The van der Waals surface area contributed by atoms with Crippen LogP contribution in [0.3, 0.4) is 0 Å². The second-order valence-corrected chi connectivity index (χ2v) is 10.2. The lowest BCUT2D eigenvalue weighted by atomic mass is 9.73. The Kier molecular flexibility index (Phi) is 5.69. The Morgan fingerprint density at radius 1 is 1.13 bits per heavy atom. The second kappa shape index (κ2) is 8.16. The molecular formula is C26H29ClN2O2. The number of ketones is 1. The molecule has 1 aliphatic heterocycles. The number of hydrogen-bond donors (Lipinski definition) is 1. The van der Waals surface area contributed by atoms with Crippen LogP contribution in [0.4, 0.5) is 11.4 Å². The number of carbonyl (C=O) groups is 2. The molecule has 162 valence electrons. The van der Waals surface area contributed by atoms with E-state index in [2.05, 4.69) is 19.2 Å². The predicted octanol–water partition coefficient (Wildman–Crippen LogP) is 6.53. The van der Waals surface area contributed by atoms with Gasteiger partial charge in [-0.05, 0) is 47.6 Å². The third kappa shape index (κ3) is 4.27. The first-order chi connectivity index (χ1) is 14.7. The Hall–Kier alpha value is -2.59. The van der Waals surface area contributed by atoms with Gasteiger partial charge >= 0.3 is 0 Å². The quantitative estimate of drug-likeness (QED) is 0.595. The van der Waals surface area contributed by atoms with Crippen molar-refractivity contribution in [3.05, 3.63) is 70.4 Å². The molecule has 0 saturated carbocycles. The summed E-state index contributed by atoms with van der Waals surface area (Å²) in [4.78, 5) is 29.0. The summed E-state index contributed by atoms with van der Waals surface area (Å²) in [5.74, 6) is 0.306. The van der Waals surface area contributed by atoms with E-state index in [4.69, 9.17) is 11.6 Å². The van der Waals surface area contributed by atoms with Crippen LogP contribution < -0.4 is 10.2 Å². The van der Waals surface area contributed by atoms with Gasteiger partial charge in [-0.15, -0.1) is 0 Å². The van der Waals surface area contributed by atoms with Crippen LogP contribution in [-0.4, -0.2) is 11.7 Å². The van der Waals surface area contributed by atoms with Crippen molar-refractivity contribution in [3.8, 4) is 0 Å². The van der Waals surface area contributed by atoms with Gasteiger partial charge in [-0.3, -0.25) is 14.5 Å². The van der Waals surface area contributed by atoms with E-state index >= 15 is 0 Å². The highest BCUT2D eigenvalue weighted by atomic mass is 35.5. The van der Waals surface area contributed by atoms with E-state index in [0.29, 0.717) is 23.4 Å². The normalized spacial score (nSPS) is 20.1. The number of halogens is 1. The van der Waals surface area contributed by atoms with Gasteiger partial charge in [0.1, 0.15) is 0 Å². The number of allylic oxidation sites excluding steroid dienone is 1. The van der Waals surface area contributed by atoms with Gasteiger partial charge in [-0.1, -0.05) is 63.6 Å². The maximum absolute atomic E-state index is 13.6. The van der Waals surface area contributed by atoms with Crippen molar-refractivity contribution in [1.29, 1.82) is 0 Å². The van der Waals surface area contributed by atoms with E-state index in [9.17, 15) is 9.59 Å². The van der Waals surface area contributed by atoms with Gasteiger partial charge in [-0.25, -0.2) is 0 Å². The number of rotatable bonds is 3. The maximum Gasteiger partial charge on any atom is 0.228 e. The molecule has 0 spiro atoms. The van der Waals surface area contributed by atoms with E-state index < -0.39 is 6.04 Å². The van der Waals surface area contributed by atoms with Gasteiger partial charge in [0.2, 0.25) is 5.91 Å². The number of amides is 1. The highest BCUT2D eigenvalue weighted by Gasteiger charge is 2.43. The zero-order valence-electron chi connectivity index (χ0n) is 18.5. The molecule has 0 saturated heterocycles. The summed E-state index contributed by atoms with van der Waals surface area (Å²) in [5.41, 5.74) is 4.01. The lowest BCUT2D eigenvalue weighted by Crippen LogP contribution is -2.39. The number of carbonyl (C=O) groups excluding carboxylic acids is 2. The summed E-state index contributed by atoms with van der Waals surface area (Å²) in [7, 11) is 0. The first-order valence-electron chi connectivity index (χ1n) is 10.9. The number of hydrogen-bond acceptors (Lipinski definition) is 3. The Morgan fingerprint density at radius 2 is 1.81 bits per heavy atom. The topological polar surface area (TPSA) is 49.4 Å². The molecule has 1 unspecified atom stereocenters. The van der Waals surface area contributed by atoms with Crippen molar-refractivity contribution in [3.63, 3.8) is 0 Å². The van der Waals surface area contributed by atoms with E-state index in [1.165, 1.54) is 0 Å². The molecule has 2 aliphatic rings. The van der Waals surface area contributed by atoms with Gasteiger partial charge < -0.3 is 5.32 Å². The Bertz CT molecular complexity index is 1050. The molecule has 0 aromatic heterocycles. The molecule has 31 heavy (non-hydrogen) atoms. The van der Waals surface area contributed by atoms with Gasteiger partial charge in [-0.2, -0.15) is 0 Å². The Morgan fingerprint density at radius 3 is 2.48 bits per heavy atom. The van der Waals surface area contributed by atoms with Crippen molar-refractivity contribution >= 4 is 34.7 Å². The van der Waals surface area contributed by atoms with Crippen molar-refractivity contribution in [2.24, 2.45) is 11.3 Å². The third-order valence-corrected chi connectivity index (χ3v) is 6.19. The molecule has 1 amide bonds. The number of nitrogens with zero attached hydrogens (tertiary/aromatic N) is 1. The average molecular weight is 437 g/mol. The fourth-order valence-electron chi connectivity index (χ4n) is 4.67. The minimum atomic E-state index is -0.488. The van der Waals surface area contributed by atoms with E-state index in [-0.39, 0.29) is 23.0 Å². The third-order valence-electron chi connectivity index (χ3n) is 5.94. The summed E-state index contributed by atoms with van der Waals surface area (Å²) in [6, 6.07) is 14.8. The minimum Gasteiger partial charge on any atom is -0.357 e. The number of benzene rings is 2. The zero-order valence-corrected chi connectivity index (χ0v) is 19.3. The number of para-hydroxylation sites is 2. The summed E-state index contributed by atoms with van der Waals surface area (Å²) in [6.45, 7) is 8.31. The molecule has 1 N–H and O–H groups in total. The molecule has 1 heterocycles. The van der Waals surface area contributed by atoms with E-state index in [1.807, 2.05) is 67.3 Å². The number of nitrogens with one attached hydrogen (secondary N) is 1. The first-order valence-corrected chi connectivity index (χ1v) is 11.2. The highest BCUT2D eigenvalue weighted by molar-refractivity contribution is 6.30. The van der Waals surface area contributed by atoms with Gasteiger partial charge in [0.15, 0.2) is 5.78 Å². The Balaban J connectivity index is 1.98. The molecule has 0 fully saturated rings. The lowest BCUT2D eigenvalue weighted by molar-refractivity contribution is -0.120. The van der Waals surface area contributed by atoms with Crippen LogP contribution >= 0.6 is 11.6 Å². The smallest absolute Gasteiger partial charge is 0.228 e. The van der Waals surface area contributed by atoms with Crippen molar-refractivity contribution in [2.75, 3.05) is 10.2 Å². The first kappa shape index (κ1) is 21.6. The summed E-state index contributed by atoms with van der Waals surface area (Å²) >= 11 is 6.16. The summed E-state index contributed by atoms with van der Waals surface area (Å²) in [5, 5.41) is 4.16. The average Bonchev–Trinajstić information content (AvgIpc) is 2.81. The monoisotopic (exact) mass is 436 g/mol. The SMILES string of the molecule is CC(C)CC(=O)N1c2ccccc2NC2=C(C(=O)CC(C)(C)C2)C1c1ccc(Cl)cc1. The van der Waals surface area contributed by atoms with Crippen LogP contribution in [0.15, 0.2) is 59.8 Å². The number of fused-ring (bicyclic) bond motifs is 1. The molecule has 5 heteroatoms. The van der Waals surface area contributed by atoms with Crippen molar-refractivity contribution < 1.29 is 9.59 Å². The van der Waals surface area contributed by atoms with Crippen LogP contribution in [0.5, 0.6) is 0 Å². The van der Waals surface area contributed by atoms with E-state index in [1.54, 1.807) is 0 Å². The van der Waals surface area contributed by atoms with Gasteiger partial charge in [0.05, 0.1) is 17.4 Å². The fourth-order valence-corrected chi connectivity index (χ4v) is 4.80. The maximum atomic E-state index is 13.6. The van der Waals surface area contributed by atoms with Crippen LogP contribution in [0.2, 0.25) is 5.02 Å². The fraction of sp³-hybridized carbons (Fsp3) is 0.385.